The second kappa shape index (κ2) is 4.18. The van der Waals surface area contributed by atoms with E-state index in [1.807, 2.05) is 6.07 Å². The summed E-state index contributed by atoms with van der Waals surface area (Å²) < 4.78 is 1.64. The van der Waals surface area contributed by atoms with Crippen molar-refractivity contribution in [1.29, 1.82) is 0 Å². The van der Waals surface area contributed by atoms with Gasteiger partial charge in [0.2, 0.25) is 0 Å². The van der Waals surface area contributed by atoms with Gasteiger partial charge in [-0.05, 0) is 37.4 Å². The minimum atomic E-state index is 0.600. The van der Waals surface area contributed by atoms with Gasteiger partial charge in [0.15, 0.2) is 0 Å². The summed E-state index contributed by atoms with van der Waals surface area (Å²) in [6.07, 6.45) is 3.55. The smallest absolute Gasteiger partial charge is 0.0976 e. The maximum Gasteiger partial charge on any atom is 0.0976 e. The van der Waals surface area contributed by atoms with E-state index in [9.17, 15) is 0 Å². The molecule has 1 aromatic rings. The first-order valence-electron chi connectivity index (χ1n) is 4.43. The molecule has 13 heavy (non-hydrogen) atoms. The van der Waals surface area contributed by atoms with Crippen LogP contribution in [0.4, 0.5) is 0 Å². The molecule has 0 spiro atoms. The predicted molar refractivity (Wildman–Crippen MR) is 59.1 cm³/mol. The van der Waals surface area contributed by atoms with Crippen LogP contribution in [0.3, 0.4) is 0 Å². The molecule has 2 heterocycles. The van der Waals surface area contributed by atoms with Crippen LogP contribution in [0.2, 0.25) is 8.67 Å². The minimum Gasteiger partial charge on any atom is -0.314 e. The summed E-state index contributed by atoms with van der Waals surface area (Å²) in [5.74, 6) is 0. The number of rotatable bonds is 2. The number of hydrogen-bond acceptors (Lipinski definition) is 2. The van der Waals surface area contributed by atoms with Gasteiger partial charge in [-0.2, -0.15) is 0 Å². The van der Waals surface area contributed by atoms with E-state index in [4.69, 9.17) is 23.2 Å². The van der Waals surface area contributed by atoms with Gasteiger partial charge < -0.3 is 5.32 Å². The summed E-state index contributed by atoms with van der Waals surface area (Å²) in [6.45, 7) is 1.14. The summed E-state index contributed by atoms with van der Waals surface area (Å²) in [5, 5.41) is 3.44. The highest BCUT2D eigenvalue weighted by Gasteiger charge is 2.16. The standard InChI is InChI=1S/C9H11Cl2NS/c10-8-5-6(9(11)13-8)4-7-2-1-3-12-7/h5,7,12H,1-4H2. The molecule has 0 radical (unpaired) electrons. The quantitative estimate of drug-likeness (QED) is 0.830. The van der Waals surface area contributed by atoms with Crippen molar-refractivity contribution in [3.63, 3.8) is 0 Å². The van der Waals surface area contributed by atoms with Crippen LogP contribution in [-0.4, -0.2) is 12.6 Å². The molecule has 0 aliphatic carbocycles. The Labute approximate surface area is 92.0 Å². The second-order valence-corrected chi connectivity index (χ2v) is 5.63. The van der Waals surface area contributed by atoms with Gasteiger partial charge in [-0.25, -0.2) is 0 Å². The van der Waals surface area contributed by atoms with Crippen LogP contribution in [0.1, 0.15) is 18.4 Å². The van der Waals surface area contributed by atoms with Crippen molar-refractivity contribution in [2.45, 2.75) is 25.3 Å². The monoisotopic (exact) mass is 235 g/mol. The maximum absolute atomic E-state index is 6.03. The number of halogens is 2. The molecule has 1 unspecified atom stereocenters. The second-order valence-electron chi connectivity index (χ2n) is 3.35. The largest absolute Gasteiger partial charge is 0.314 e. The lowest BCUT2D eigenvalue weighted by molar-refractivity contribution is 0.604. The van der Waals surface area contributed by atoms with Crippen LogP contribution < -0.4 is 5.32 Å². The van der Waals surface area contributed by atoms with Crippen LogP contribution in [0.15, 0.2) is 6.07 Å². The van der Waals surface area contributed by atoms with Crippen molar-refractivity contribution >= 4 is 34.5 Å². The topological polar surface area (TPSA) is 12.0 Å². The fraction of sp³-hybridized carbons (Fsp3) is 0.556. The zero-order valence-electron chi connectivity index (χ0n) is 7.15. The first kappa shape index (κ1) is 9.78. The van der Waals surface area contributed by atoms with Crippen LogP contribution in [0, 0.1) is 0 Å². The van der Waals surface area contributed by atoms with Crippen LogP contribution in [0.25, 0.3) is 0 Å². The lowest BCUT2D eigenvalue weighted by Crippen LogP contribution is -2.23. The molecule has 1 aliphatic heterocycles. The molecule has 72 valence electrons. The summed E-state index contributed by atoms with van der Waals surface area (Å²) in [4.78, 5) is 0. The highest BCUT2D eigenvalue weighted by atomic mass is 35.5. The van der Waals surface area contributed by atoms with E-state index in [2.05, 4.69) is 5.32 Å². The van der Waals surface area contributed by atoms with Gasteiger partial charge >= 0.3 is 0 Å². The minimum absolute atomic E-state index is 0.600. The van der Waals surface area contributed by atoms with E-state index in [0.717, 1.165) is 21.6 Å². The Morgan fingerprint density at radius 1 is 1.54 bits per heavy atom. The van der Waals surface area contributed by atoms with E-state index < -0.39 is 0 Å². The summed E-state index contributed by atoms with van der Waals surface area (Å²) in [6, 6.07) is 2.58. The first-order chi connectivity index (χ1) is 6.25. The zero-order chi connectivity index (χ0) is 9.26. The zero-order valence-corrected chi connectivity index (χ0v) is 9.48. The Morgan fingerprint density at radius 2 is 2.38 bits per heavy atom. The third-order valence-electron chi connectivity index (χ3n) is 2.36. The van der Waals surface area contributed by atoms with E-state index in [1.165, 1.54) is 29.7 Å². The average molecular weight is 236 g/mol. The molecule has 1 aliphatic rings. The molecular formula is C9H11Cl2NS. The summed E-state index contributed by atoms with van der Waals surface area (Å²) in [5.41, 5.74) is 1.19. The normalized spacial score (nSPS) is 22.5. The molecule has 0 aromatic carbocycles. The fourth-order valence-electron chi connectivity index (χ4n) is 1.71. The van der Waals surface area contributed by atoms with Crippen molar-refractivity contribution < 1.29 is 0 Å². The van der Waals surface area contributed by atoms with Gasteiger partial charge in [-0.1, -0.05) is 23.2 Å². The van der Waals surface area contributed by atoms with E-state index in [0.29, 0.717) is 6.04 Å². The van der Waals surface area contributed by atoms with Crippen LogP contribution in [0.5, 0.6) is 0 Å². The van der Waals surface area contributed by atoms with Gasteiger partial charge in [0.05, 0.1) is 8.67 Å². The van der Waals surface area contributed by atoms with Gasteiger partial charge in [0.1, 0.15) is 0 Å². The fourth-order valence-corrected chi connectivity index (χ4v) is 3.22. The number of thiophene rings is 1. The molecule has 2 rings (SSSR count). The maximum atomic E-state index is 6.03. The van der Waals surface area contributed by atoms with Crippen molar-refractivity contribution in [3.05, 3.63) is 20.3 Å². The van der Waals surface area contributed by atoms with E-state index >= 15 is 0 Å². The average Bonchev–Trinajstić information content (AvgIpc) is 2.63. The molecular weight excluding hydrogens is 225 g/mol. The Morgan fingerprint density at radius 3 is 2.92 bits per heavy atom. The molecule has 1 atom stereocenters. The molecule has 1 fully saturated rings. The lowest BCUT2D eigenvalue weighted by Gasteiger charge is -2.08. The third kappa shape index (κ3) is 2.38. The molecule has 1 N–H and O–H groups in total. The summed E-state index contributed by atoms with van der Waals surface area (Å²) >= 11 is 13.4. The van der Waals surface area contributed by atoms with Crippen molar-refractivity contribution in [3.8, 4) is 0 Å². The molecule has 4 heteroatoms. The van der Waals surface area contributed by atoms with E-state index in [1.54, 1.807) is 0 Å². The lowest BCUT2D eigenvalue weighted by atomic mass is 10.1. The molecule has 0 amide bonds. The molecule has 1 nitrogen and oxygen atoms in total. The summed E-state index contributed by atoms with van der Waals surface area (Å²) in [7, 11) is 0. The Hall–Kier alpha value is 0.240. The van der Waals surface area contributed by atoms with Crippen LogP contribution in [-0.2, 0) is 6.42 Å². The van der Waals surface area contributed by atoms with Crippen molar-refractivity contribution in [2.75, 3.05) is 6.54 Å². The molecule has 0 saturated carbocycles. The Balaban J connectivity index is 2.03. The number of hydrogen-bond donors (Lipinski definition) is 1. The van der Waals surface area contributed by atoms with Crippen molar-refractivity contribution in [1.82, 2.24) is 5.32 Å². The molecule has 1 saturated heterocycles. The van der Waals surface area contributed by atoms with Crippen molar-refractivity contribution in [2.24, 2.45) is 0 Å². The highest BCUT2D eigenvalue weighted by Crippen LogP contribution is 2.32. The third-order valence-corrected chi connectivity index (χ3v) is 3.92. The van der Waals surface area contributed by atoms with Gasteiger partial charge in [0.25, 0.3) is 0 Å². The van der Waals surface area contributed by atoms with Crippen LogP contribution >= 0.6 is 34.5 Å². The molecule has 0 bridgehead atoms. The van der Waals surface area contributed by atoms with Gasteiger partial charge in [-0.15, -0.1) is 11.3 Å². The Bertz CT molecular complexity index is 292. The predicted octanol–water partition coefficient (Wildman–Crippen LogP) is 3.35. The van der Waals surface area contributed by atoms with Gasteiger partial charge in [-0.3, -0.25) is 0 Å². The van der Waals surface area contributed by atoms with Gasteiger partial charge in [0, 0.05) is 6.04 Å². The molecule has 1 aromatic heterocycles. The highest BCUT2D eigenvalue weighted by molar-refractivity contribution is 7.20. The number of nitrogens with one attached hydrogen (secondary N) is 1. The first-order valence-corrected chi connectivity index (χ1v) is 6.00. The Kier molecular flexibility index (Phi) is 3.14. The van der Waals surface area contributed by atoms with E-state index in [-0.39, 0.29) is 0 Å². The SMILES string of the molecule is Clc1cc(CC2CCCN2)c(Cl)s1.